The molecule has 1 amide bonds. The average molecular weight is 294 g/mol. The first-order valence-electron chi connectivity index (χ1n) is 7.61. The Morgan fingerprint density at radius 2 is 1.90 bits per heavy atom. The molecule has 114 valence electrons. The van der Waals surface area contributed by atoms with Gasteiger partial charge in [0.25, 0.3) is 5.91 Å². The summed E-state index contributed by atoms with van der Waals surface area (Å²) >= 11 is 0. The van der Waals surface area contributed by atoms with Crippen LogP contribution < -0.4 is 5.32 Å². The first kappa shape index (κ1) is 14.4. The molecule has 1 saturated heterocycles. The van der Waals surface area contributed by atoms with Gasteiger partial charge in [-0.1, -0.05) is 0 Å². The Kier molecular flexibility index (Phi) is 4.19. The number of likely N-dealkylation sites (tertiary alicyclic amines) is 1. The van der Waals surface area contributed by atoms with Crippen LogP contribution in [0.15, 0.2) is 18.2 Å². The fraction of sp³-hybridized carbons (Fsp3) is 0.562. The highest BCUT2D eigenvalue weighted by Gasteiger charge is 2.27. The Hall–Kier alpha value is -1.49. The number of hydrogen-bond donors (Lipinski definition) is 1. The number of benzene rings is 1. The van der Waals surface area contributed by atoms with E-state index in [1.165, 1.54) is 18.9 Å². The highest BCUT2D eigenvalue weighted by atomic mass is 19.1. The number of piperidine rings is 1. The summed E-state index contributed by atoms with van der Waals surface area (Å²) in [5.74, 6) is -0.938. The molecule has 5 heteroatoms. The van der Waals surface area contributed by atoms with Gasteiger partial charge < -0.3 is 10.2 Å². The van der Waals surface area contributed by atoms with E-state index >= 15 is 0 Å². The van der Waals surface area contributed by atoms with Gasteiger partial charge >= 0.3 is 0 Å². The maximum atomic E-state index is 13.6. The van der Waals surface area contributed by atoms with Gasteiger partial charge in [0.05, 0.1) is 5.56 Å². The molecular weight excluding hydrogens is 274 g/mol. The first-order chi connectivity index (χ1) is 10.1. The van der Waals surface area contributed by atoms with Crippen molar-refractivity contribution in [1.82, 2.24) is 10.2 Å². The first-order valence-corrected chi connectivity index (χ1v) is 7.61. The Balaban J connectivity index is 1.54. The Morgan fingerprint density at radius 1 is 1.19 bits per heavy atom. The minimum atomic E-state index is -0.783. The van der Waals surface area contributed by atoms with E-state index in [1.807, 2.05) is 0 Å². The average Bonchev–Trinajstić information content (AvgIpc) is 3.29. The van der Waals surface area contributed by atoms with Crippen LogP contribution in [0, 0.1) is 17.6 Å². The highest BCUT2D eigenvalue weighted by Crippen LogP contribution is 2.28. The van der Waals surface area contributed by atoms with Crippen molar-refractivity contribution in [1.29, 1.82) is 0 Å². The maximum absolute atomic E-state index is 13.6. The zero-order chi connectivity index (χ0) is 14.8. The van der Waals surface area contributed by atoms with E-state index in [9.17, 15) is 13.6 Å². The summed E-state index contributed by atoms with van der Waals surface area (Å²) in [6.07, 6.45) is 4.44. The number of halogens is 2. The van der Waals surface area contributed by atoms with Crippen LogP contribution in [0.3, 0.4) is 0 Å². The van der Waals surface area contributed by atoms with E-state index in [0.29, 0.717) is 19.1 Å². The molecule has 1 aromatic carbocycles. The second-order valence-corrected chi connectivity index (χ2v) is 6.04. The van der Waals surface area contributed by atoms with Gasteiger partial charge in [-0.2, -0.15) is 0 Å². The lowest BCUT2D eigenvalue weighted by Gasteiger charge is -2.32. The highest BCUT2D eigenvalue weighted by molar-refractivity contribution is 5.94. The Bertz CT molecular complexity index is 523. The van der Waals surface area contributed by atoms with E-state index in [1.54, 1.807) is 4.90 Å². The number of nitrogens with one attached hydrogen (secondary N) is 1. The number of rotatable bonds is 4. The van der Waals surface area contributed by atoms with Crippen molar-refractivity contribution in [3.8, 4) is 0 Å². The second kappa shape index (κ2) is 6.10. The number of carbonyl (C=O) groups is 1. The summed E-state index contributed by atoms with van der Waals surface area (Å²) in [6, 6.07) is 3.56. The molecule has 1 N–H and O–H groups in total. The normalized spacial score (nSPS) is 19.8. The molecule has 2 aliphatic rings. The maximum Gasteiger partial charge on any atom is 0.256 e. The van der Waals surface area contributed by atoms with Gasteiger partial charge in [-0.05, 0) is 50.3 Å². The lowest BCUT2D eigenvalue weighted by atomic mass is 10.0. The van der Waals surface area contributed by atoms with Crippen LogP contribution in [0.25, 0.3) is 0 Å². The second-order valence-electron chi connectivity index (χ2n) is 6.04. The van der Waals surface area contributed by atoms with Crippen LogP contribution in [0.5, 0.6) is 0 Å². The summed E-state index contributed by atoms with van der Waals surface area (Å²) in [5.41, 5.74) is -0.0409. The summed E-state index contributed by atoms with van der Waals surface area (Å²) < 4.78 is 26.5. The molecule has 3 nitrogen and oxygen atoms in total. The molecule has 1 heterocycles. The molecule has 0 unspecified atom stereocenters. The molecule has 1 aliphatic heterocycles. The zero-order valence-electron chi connectivity index (χ0n) is 11.9. The zero-order valence-corrected chi connectivity index (χ0v) is 11.9. The topological polar surface area (TPSA) is 32.3 Å². The standard InChI is InChI=1S/C16H20F2N2O/c17-12-3-4-14(15(18)9-12)16(21)20-7-5-13(6-8-20)19-10-11-1-2-11/h3-4,9,11,13,19H,1-2,5-8,10H2. The van der Waals surface area contributed by atoms with Gasteiger partial charge in [0, 0.05) is 25.2 Å². The van der Waals surface area contributed by atoms with E-state index in [2.05, 4.69) is 5.32 Å². The van der Waals surface area contributed by atoms with Crippen LogP contribution >= 0.6 is 0 Å². The molecule has 0 radical (unpaired) electrons. The van der Waals surface area contributed by atoms with Crippen molar-refractivity contribution in [2.75, 3.05) is 19.6 Å². The van der Waals surface area contributed by atoms with Crippen molar-refractivity contribution < 1.29 is 13.6 Å². The molecule has 1 aliphatic carbocycles. The van der Waals surface area contributed by atoms with Crippen LogP contribution in [0.1, 0.15) is 36.0 Å². The summed E-state index contributed by atoms with van der Waals surface area (Å²) in [6.45, 7) is 2.32. The molecule has 1 aromatic rings. The van der Waals surface area contributed by atoms with E-state index in [0.717, 1.165) is 37.4 Å². The SMILES string of the molecule is O=C(c1ccc(F)cc1F)N1CCC(NCC2CC2)CC1. The summed E-state index contributed by atoms with van der Waals surface area (Å²) in [4.78, 5) is 13.9. The third-order valence-electron chi connectivity index (χ3n) is 4.34. The van der Waals surface area contributed by atoms with Gasteiger partial charge in [0.1, 0.15) is 11.6 Å². The van der Waals surface area contributed by atoms with Crippen molar-refractivity contribution in [2.24, 2.45) is 5.92 Å². The fourth-order valence-corrected chi connectivity index (χ4v) is 2.78. The largest absolute Gasteiger partial charge is 0.338 e. The molecule has 3 rings (SSSR count). The van der Waals surface area contributed by atoms with E-state index < -0.39 is 11.6 Å². The number of carbonyl (C=O) groups excluding carboxylic acids is 1. The van der Waals surface area contributed by atoms with Crippen LogP contribution in [0.2, 0.25) is 0 Å². The molecule has 0 atom stereocenters. The lowest BCUT2D eigenvalue weighted by molar-refractivity contribution is 0.0700. The third-order valence-corrected chi connectivity index (χ3v) is 4.34. The molecule has 0 bridgehead atoms. The van der Waals surface area contributed by atoms with Crippen molar-refractivity contribution in [2.45, 2.75) is 31.7 Å². The van der Waals surface area contributed by atoms with Crippen LogP contribution in [-0.2, 0) is 0 Å². The predicted octanol–water partition coefficient (Wildman–Crippen LogP) is 2.57. The van der Waals surface area contributed by atoms with Gasteiger partial charge in [0.2, 0.25) is 0 Å². The number of nitrogens with zero attached hydrogens (tertiary/aromatic N) is 1. The number of hydrogen-bond acceptors (Lipinski definition) is 2. The summed E-state index contributed by atoms with van der Waals surface area (Å²) in [5, 5.41) is 3.54. The van der Waals surface area contributed by atoms with Crippen molar-refractivity contribution in [3.05, 3.63) is 35.4 Å². The van der Waals surface area contributed by atoms with E-state index in [-0.39, 0.29) is 11.5 Å². The molecule has 1 saturated carbocycles. The quantitative estimate of drug-likeness (QED) is 0.925. The van der Waals surface area contributed by atoms with Crippen LogP contribution in [-0.4, -0.2) is 36.5 Å². The fourth-order valence-electron chi connectivity index (χ4n) is 2.78. The monoisotopic (exact) mass is 294 g/mol. The predicted molar refractivity (Wildman–Crippen MR) is 76.0 cm³/mol. The minimum Gasteiger partial charge on any atom is -0.338 e. The lowest BCUT2D eigenvalue weighted by Crippen LogP contribution is -2.45. The molecule has 0 aromatic heterocycles. The molecular formula is C16H20F2N2O. The molecule has 2 fully saturated rings. The van der Waals surface area contributed by atoms with Crippen molar-refractivity contribution in [3.63, 3.8) is 0 Å². The summed E-state index contributed by atoms with van der Waals surface area (Å²) in [7, 11) is 0. The van der Waals surface area contributed by atoms with Crippen molar-refractivity contribution >= 4 is 5.91 Å². The minimum absolute atomic E-state index is 0.0409. The van der Waals surface area contributed by atoms with Gasteiger partial charge in [-0.25, -0.2) is 8.78 Å². The van der Waals surface area contributed by atoms with Crippen LogP contribution in [0.4, 0.5) is 8.78 Å². The van der Waals surface area contributed by atoms with E-state index in [4.69, 9.17) is 0 Å². The number of amides is 1. The smallest absolute Gasteiger partial charge is 0.256 e. The Labute approximate surface area is 123 Å². The van der Waals surface area contributed by atoms with Gasteiger partial charge in [0.15, 0.2) is 0 Å². The Morgan fingerprint density at radius 3 is 2.52 bits per heavy atom. The van der Waals surface area contributed by atoms with Gasteiger partial charge in [-0.3, -0.25) is 4.79 Å². The van der Waals surface area contributed by atoms with Gasteiger partial charge in [-0.15, -0.1) is 0 Å². The third kappa shape index (κ3) is 3.59. The molecule has 0 spiro atoms. The molecule has 21 heavy (non-hydrogen) atoms.